The van der Waals surface area contributed by atoms with Crippen LogP contribution < -0.4 is 4.72 Å². The maximum absolute atomic E-state index is 10.4. The molecule has 5 heteroatoms. The second-order valence-electron chi connectivity index (χ2n) is 2.74. The molecule has 0 aliphatic rings. The lowest BCUT2D eigenvalue weighted by atomic mass is 10.1. The molecule has 14 heavy (non-hydrogen) atoms. The van der Waals surface area contributed by atoms with E-state index in [1.807, 2.05) is 16.9 Å². The van der Waals surface area contributed by atoms with Gasteiger partial charge in [-0.05, 0) is 11.1 Å². The minimum atomic E-state index is -4.11. The van der Waals surface area contributed by atoms with Crippen molar-refractivity contribution in [2.24, 2.45) is 0 Å². The van der Waals surface area contributed by atoms with E-state index in [4.69, 9.17) is 4.55 Å². The topological polar surface area (TPSA) is 66.4 Å². The summed E-state index contributed by atoms with van der Waals surface area (Å²) in [6, 6.07) is 7.15. The van der Waals surface area contributed by atoms with E-state index in [0.29, 0.717) is 0 Å². The Kier molecular flexibility index (Phi) is 3.40. The number of hydrogen-bond acceptors (Lipinski definition) is 2. The monoisotopic (exact) mass is 213 g/mol. The molecular weight excluding hydrogens is 202 g/mol. The van der Waals surface area contributed by atoms with Crippen molar-refractivity contribution < 1.29 is 13.0 Å². The minimum Gasteiger partial charge on any atom is -0.273 e. The summed E-state index contributed by atoms with van der Waals surface area (Å²) in [7, 11) is -4.11. The maximum atomic E-state index is 10.4. The maximum Gasteiger partial charge on any atom is 0.333 e. The van der Waals surface area contributed by atoms with Crippen LogP contribution in [0.25, 0.3) is 6.08 Å². The summed E-state index contributed by atoms with van der Waals surface area (Å²) in [5.41, 5.74) is 1.73. The highest BCUT2D eigenvalue weighted by atomic mass is 32.2. The molecule has 0 saturated carbocycles. The lowest BCUT2D eigenvalue weighted by Gasteiger charge is -2.01. The number of hydrogen-bond donors (Lipinski definition) is 2. The van der Waals surface area contributed by atoms with Crippen LogP contribution in [-0.2, 0) is 16.8 Å². The molecule has 0 fully saturated rings. The third kappa shape index (κ3) is 3.69. The van der Waals surface area contributed by atoms with Crippen molar-refractivity contribution in [3.05, 3.63) is 42.0 Å². The second kappa shape index (κ2) is 4.36. The summed E-state index contributed by atoms with van der Waals surface area (Å²) >= 11 is 0. The lowest BCUT2D eigenvalue weighted by Crippen LogP contribution is -2.21. The van der Waals surface area contributed by atoms with Crippen LogP contribution in [0.5, 0.6) is 0 Å². The third-order valence-corrected chi connectivity index (χ3v) is 2.18. The molecule has 2 N–H and O–H groups in total. The Balaban J connectivity index is 2.65. The first kappa shape index (κ1) is 10.9. The lowest BCUT2D eigenvalue weighted by molar-refractivity contribution is 0.467. The van der Waals surface area contributed by atoms with E-state index in [2.05, 4.69) is 6.58 Å². The van der Waals surface area contributed by atoms with Crippen LogP contribution in [0, 0.1) is 0 Å². The normalized spacial score (nSPS) is 11.2. The zero-order chi connectivity index (χ0) is 10.6. The molecule has 0 amide bonds. The van der Waals surface area contributed by atoms with Gasteiger partial charge < -0.3 is 0 Å². The molecule has 0 radical (unpaired) electrons. The summed E-state index contributed by atoms with van der Waals surface area (Å²) in [5.74, 6) is 0. The van der Waals surface area contributed by atoms with E-state index < -0.39 is 10.3 Å². The molecule has 1 rings (SSSR count). The molecule has 1 aromatic carbocycles. The zero-order valence-corrected chi connectivity index (χ0v) is 8.29. The SMILES string of the molecule is C=Cc1ccc(CNS(=O)(=O)O)cc1. The number of rotatable bonds is 4. The molecule has 0 saturated heterocycles. The standard InChI is InChI=1S/C9H11NO3S/c1-2-8-3-5-9(6-4-8)7-10-14(11,12)13/h2-6,10H,1,7H2,(H,11,12,13). The highest BCUT2D eigenvalue weighted by molar-refractivity contribution is 7.83. The van der Waals surface area contributed by atoms with E-state index in [1.54, 1.807) is 18.2 Å². The average Bonchev–Trinajstić information content (AvgIpc) is 2.14. The molecular formula is C9H11NO3S. The van der Waals surface area contributed by atoms with Gasteiger partial charge in [0.2, 0.25) is 0 Å². The van der Waals surface area contributed by atoms with E-state index in [-0.39, 0.29) is 6.54 Å². The average molecular weight is 213 g/mol. The van der Waals surface area contributed by atoms with Crippen molar-refractivity contribution in [1.82, 2.24) is 4.72 Å². The van der Waals surface area contributed by atoms with Crippen molar-refractivity contribution in [1.29, 1.82) is 0 Å². The fourth-order valence-electron chi connectivity index (χ4n) is 0.946. The van der Waals surface area contributed by atoms with Crippen LogP contribution in [0.1, 0.15) is 11.1 Å². The van der Waals surface area contributed by atoms with Gasteiger partial charge in [0.15, 0.2) is 0 Å². The molecule has 0 spiro atoms. The highest BCUT2D eigenvalue weighted by Gasteiger charge is 2.01. The molecule has 0 atom stereocenters. The highest BCUT2D eigenvalue weighted by Crippen LogP contribution is 2.05. The minimum absolute atomic E-state index is 0.0796. The van der Waals surface area contributed by atoms with Gasteiger partial charge in [0.1, 0.15) is 0 Å². The van der Waals surface area contributed by atoms with Gasteiger partial charge >= 0.3 is 10.3 Å². The van der Waals surface area contributed by atoms with Crippen LogP contribution in [-0.4, -0.2) is 13.0 Å². The number of nitrogens with one attached hydrogen (secondary N) is 1. The quantitative estimate of drug-likeness (QED) is 0.739. The van der Waals surface area contributed by atoms with Gasteiger partial charge in [-0.15, -0.1) is 0 Å². The van der Waals surface area contributed by atoms with Gasteiger partial charge in [-0.3, -0.25) is 4.55 Å². The Morgan fingerprint density at radius 3 is 2.36 bits per heavy atom. The molecule has 0 aliphatic heterocycles. The summed E-state index contributed by atoms with van der Waals surface area (Å²) in [4.78, 5) is 0. The molecule has 0 aromatic heterocycles. The van der Waals surface area contributed by atoms with E-state index in [0.717, 1.165) is 11.1 Å². The molecule has 4 nitrogen and oxygen atoms in total. The van der Waals surface area contributed by atoms with Gasteiger partial charge in [-0.25, -0.2) is 0 Å². The van der Waals surface area contributed by atoms with Gasteiger partial charge in [-0.2, -0.15) is 13.1 Å². The summed E-state index contributed by atoms with van der Waals surface area (Å²) in [5, 5.41) is 0. The fraction of sp³-hybridized carbons (Fsp3) is 0.111. The van der Waals surface area contributed by atoms with Crippen LogP contribution >= 0.6 is 0 Å². The Morgan fingerprint density at radius 1 is 1.36 bits per heavy atom. The van der Waals surface area contributed by atoms with Crippen LogP contribution in [0.15, 0.2) is 30.8 Å². The Morgan fingerprint density at radius 2 is 1.93 bits per heavy atom. The predicted molar refractivity (Wildman–Crippen MR) is 54.9 cm³/mol. The van der Waals surface area contributed by atoms with Gasteiger partial charge in [0, 0.05) is 6.54 Å². The Bertz CT molecular complexity index is 408. The van der Waals surface area contributed by atoms with Crippen molar-refractivity contribution in [2.75, 3.05) is 0 Å². The van der Waals surface area contributed by atoms with Crippen LogP contribution in [0.4, 0.5) is 0 Å². The van der Waals surface area contributed by atoms with Crippen molar-refractivity contribution in [3.8, 4) is 0 Å². The summed E-state index contributed by atoms with van der Waals surface area (Å²) in [6.07, 6.45) is 1.69. The summed E-state index contributed by atoms with van der Waals surface area (Å²) < 4.78 is 31.1. The zero-order valence-electron chi connectivity index (χ0n) is 7.47. The number of benzene rings is 1. The first-order chi connectivity index (χ1) is 6.51. The van der Waals surface area contributed by atoms with Gasteiger partial charge in [-0.1, -0.05) is 36.9 Å². The molecule has 0 unspecified atom stereocenters. The van der Waals surface area contributed by atoms with E-state index in [9.17, 15) is 8.42 Å². The Hall–Kier alpha value is -1.17. The second-order valence-corrected chi connectivity index (χ2v) is 3.98. The van der Waals surface area contributed by atoms with Gasteiger partial charge in [0.25, 0.3) is 0 Å². The summed E-state index contributed by atoms with van der Waals surface area (Å²) in [6.45, 7) is 3.67. The molecule has 0 aliphatic carbocycles. The van der Waals surface area contributed by atoms with E-state index >= 15 is 0 Å². The van der Waals surface area contributed by atoms with Crippen molar-refractivity contribution in [2.45, 2.75) is 6.54 Å². The predicted octanol–water partition coefficient (Wildman–Crippen LogP) is 1.22. The van der Waals surface area contributed by atoms with Gasteiger partial charge in [0.05, 0.1) is 0 Å². The smallest absolute Gasteiger partial charge is 0.273 e. The first-order valence-electron chi connectivity index (χ1n) is 3.95. The largest absolute Gasteiger partial charge is 0.333 e. The van der Waals surface area contributed by atoms with Crippen molar-refractivity contribution in [3.63, 3.8) is 0 Å². The first-order valence-corrected chi connectivity index (χ1v) is 5.39. The van der Waals surface area contributed by atoms with Crippen LogP contribution in [0.2, 0.25) is 0 Å². The molecule has 0 heterocycles. The third-order valence-electron chi connectivity index (χ3n) is 1.67. The molecule has 76 valence electrons. The fourth-order valence-corrected chi connectivity index (χ4v) is 1.30. The van der Waals surface area contributed by atoms with Crippen molar-refractivity contribution >= 4 is 16.4 Å². The molecule has 1 aromatic rings. The van der Waals surface area contributed by atoms with E-state index in [1.165, 1.54) is 0 Å². The van der Waals surface area contributed by atoms with Crippen LogP contribution in [0.3, 0.4) is 0 Å². The molecule has 0 bridgehead atoms. The Labute approximate surface area is 83.2 Å².